The third-order valence-corrected chi connectivity index (χ3v) is 5.17. The molecule has 1 aromatic heterocycles. The van der Waals surface area contributed by atoms with Crippen molar-refractivity contribution in [2.24, 2.45) is 5.92 Å². The molecule has 2 N–H and O–H groups in total. The normalized spacial score (nSPS) is 20.0. The molecule has 1 atom stereocenters. The van der Waals surface area contributed by atoms with Crippen LogP contribution in [0.25, 0.3) is 0 Å². The third kappa shape index (κ3) is 4.68. The summed E-state index contributed by atoms with van der Waals surface area (Å²) in [5.41, 5.74) is 4.75. The molecule has 0 aromatic carbocycles. The summed E-state index contributed by atoms with van der Waals surface area (Å²) in [7, 11) is -3.01. The number of hydrogen-bond acceptors (Lipinski definition) is 5. The van der Waals surface area contributed by atoms with E-state index in [0.717, 1.165) is 0 Å². The van der Waals surface area contributed by atoms with Gasteiger partial charge in [0.2, 0.25) is 5.91 Å². The molecule has 21 heavy (non-hydrogen) atoms. The second kappa shape index (κ2) is 6.40. The highest BCUT2D eigenvalue weighted by Crippen LogP contribution is 2.21. The highest BCUT2D eigenvalue weighted by molar-refractivity contribution is 7.91. The van der Waals surface area contributed by atoms with E-state index in [2.05, 4.69) is 15.8 Å². The first-order valence-electron chi connectivity index (χ1n) is 6.27. The van der Waals surface area contributed by atoms with Crippen LogP contribution >= 0.6 is 11.6 Å². The zero-order valence-electron chi connectivity index (χ0n) is 11.0. The molecule has 2 heterocycles. The standard InChI is InChI=1S/C12H14ClN3O4S/c13-10-2-1-9(6-14-10)12(18)16-15-11(17)5-8-3-4-21(19,20)7-8/h1-2,6,8H,3-5,7H2,(H,15,17)(H,16,18)/t8-/m0/s1. The van der Waals surface area contributed by atoms with Gasteiger partial charge in [-0.05, 0) is 24.5 Å². The van der Waals surface area contributed by atoms with Gasteiger partial charge >= 0.3 is 0 Å². The van der Waals surface area contributed by atoms with Gasteiger partial charge in [-0.1, -0.05) is 11.6 Å². The minimum atomic E-state index is -3.01. The number of aromatic nitrogens is 1. The number of nitrogens with zero attached hydrogens (tertiary/aromatic N) is 1. The summed E-state index contributed by atoms with van der Waals surface area (Å²) in [4.78, 5) is 27.1. The quantitative estimate of drug-likeness (QED) is 0.613. The number of pyridine rings is 1. The van der Waals surface area contributed by atoms with Crippen LogP contribution in [0.1, 0.15) is 23.2 Å². The number of sulfone groups is 1. The van der Waals surface area contributed by atoms with Crippen LogP contribution in [0.4, 0.5) is 0 Å². The summed E-state index contributed by atoms with van der Waals surface area (Å²) in [6, 6.07) is 2.93. The lowest BCUT2D eigenvalue weighted by Gasteiger charge is -2.09. The minimum absolute atomic E-state index is 0.0233. The van der Waals surface area contributed by atoms with Crippen LogP contribution < -0.4 is 10.9 Å². The average Bonchev–Trinajstić information content (AvgIpc) is 2.76. The first-order chi connectivity index (χ1) is 9.85. The Hall–Kier alpha value is -1.67. The van der Waals surface area contributed by atoms with Crippen LogP contribution in [0, 0.1) is 5.92 Å². The van der Waals surface area contributed by atoms with Crippen LogP contribution in [-0.2, 0) is 14.6 Å². The highest BCUT2D eigenvalue weighted by Gasteiger charge is 2.29. The number of carbonyl (C=O) groups is 2. The first-order valence-corrected chi connectivity index (χ1v) is 8.47. The molecule has 1 aromatic rings. The number of amides is 2. The fraction of sp³-hybridized carbons (Fsp3) is 0.417. The number of carbonyl (C=O) groups excluding carboxylic acids is 2. The number of halogens is 1. The zero-order chi connectivity index (χ0) is 15.5. The largest absolute Gasteiger partial charge is 0.273 e. The van der Waals surface area contributed by atoms with E-state index in [1.807, 2.05) is 0 Å². The zero-order valence-corrected chi connectivity index (χ0v) is 12.6. The van der Waals surface area contributed by atoms with E-state index >= 15 is 0 Å². The summed E-state index contributed by atoms with van der Waals surface area (Å²) < 4.78 is 22.6. The predicted molar refractivity (Wildman–Crippen MR) is 76.2 cm³/mol. The summed E-state index contributed by atoms with van der Waals surface area (Å²) in [6.45, 7) is 0. The fourth-order valence-corrected chi connectivity index (χ4v) is 4.03. The number of hydrazine groups is 1. The molecule has 0 radical (unpaired) electrons. The van der Waals surface area contributed by atoms with Crippen molar-refractivity contribution in [2.75, 3.05) is 11.5 Å². The fourth-order valence-electron chi connectivity index (χ4n) is 2.05. The lowest BCUT2D eigenvalue weighted by atomic mass is 10.1. The van der Waals surface area contributed by atoms with Crippen LogP contribution in [0.15, 0.2) is 18.3 Å². The lowest BCUT2D eigenvalue weighted by Crippen LogP contribution is -2.42. The van der Waals surface area contributed by atoms with E-state index in [1.165, 1.54) is 18.3 Å². The molecule has 2 amide bonds. The van der Waals surface area contributed by atoms with Gasteiger partial charge in [0.25, 0.3) is 5.91 Å². The molecule has 0 saturated carbocycles. The summed E-state index contributed by atoms with van der Waals surface area (Å²) >= 11 is 5.60. The minimum Gasteiger partial charge on any atom is -0.273 e. The van der Waals surface area contributed by atoms with E-state index in [4.69, 9.17) is 11.6 Å². The average molecular weight is 332 g/mol. The second-order valence-corrected chi connectivity index (χ2v) is 7.46. The number of nitrogens with one attached hydrogen (secondary N) is 2. The van der Waals surface area contributed by atoms with Gasteiger partial charge in [-0.15, -0.1) is 0 Å². The van der Waals surface area contributed by atoms with E-state index in [1.54, 1.807) is 0 Å². The molecule has 114 valence electrons. The van der Waals surface area contributed by atoms with Crippen LogP contribution in [0.3, 0.4) is 0 Å². The molecule has 2 rings (SSSR count). The molecule has 7 nitrogen and oxygen atoms in total. The molecule has 0 unspecified atom stereocenters. The van der Waals surface area contributed by atoms with Gasteiger partial charge in [-0.2, -0.15) is 0 Å². The summed E-state index contributed by atoms with van der Waals surface area (Å²) in [5.74, 6) is -0.994. The Labute approximate surface area is 127 Å². The summed E-state index contributed by atoms with van der Waals surface area (Å²) in [5, 5.41) is 0.262. The molecule has 1 aliphatic heterocycles. The van der Waals surface area contributed by atoms with Gasteiger partial charge in [-0.25, -0.2) is 13.4 Å². The second-order valence-electron chi connectivity index (χ2n) is 4.85. The monoisotopic (exact) mass is 331 g/mol. The molecule has 1 saturated heterocycles. The maximum absolute atomic E-state index is 11.7. The summed E-state index contributed by atoms with van der Waals surface area (Å²) in [6.07, 6.45) is 1.83. The maximum atomic E-state index is 11.7. The Morgan fingerprint density at radius 2 is 2.10 bits per heavy atom. The molecule has 9 heteroatoms. The van der Waals surface area contributed by atoms with Crippen LogP contribution in [0.5, 0.6) is 0 Å². The Kier molecular flexibility index (Phi) is 4.79. The highest BCUT2D eigenvalue weighted by atomic mass is 35.5. The van der Waals surface area contributed by atoms with Crippen molar-refractivity contribution < 1.29 is 18.0 Å². The number of rotatable bonds is 3. The van der Waals surface area contributed by atoms with Gasteiger partial charge in [0.05, 0.1) is 17.1 Å². The smallest absolute Gasteiger partial charge is 0.271 e. The van der Waals surface area contributed by atoms with Crippen molar-refractivity contribution in [2.45, 2.75) is 12.8 Å². The van der Waals surface area contributed by atoms with E-state index < -0.39 is 21.7 Å². The molecular formula is C12H14ClN3O4S. The van der Waals surface area contributed by atoms with Crippen molar-refractivity contribution in [3.05, 3.63) is 29.0 Å². The van der Waals surface area contributed by atoms with Crippen LogP contribution in [-0.4, -0.2) is 36.7 Å². The predicted octanol–water partition coefficient (Wildman–Crippen LogP) is 0.321. The van der Waals surface area contributed by atoms with Crippen molar-refractivity contribution >= 4 is 33.3 Å². The van der Waals surface area contributed by atoms with Crippen LogP contribution in [0.2, 0.25) is 5.15 Å². The molecule has 0 bridgehead atoms. The lowest BCUT2D eigenvalue weighted by molar-refractivity contribution is -0.122. The molecule has 0 aliphatic carbocycles. The van der Waals surface area contributed by atoms with E-state index in [0.29, 0.717) is 6.42 Å². The molecule has 0 spiro atoms. The van der Waals surface area contributed by atoms with Gasteiger partial charge < -0.3 is 0 Å². The van der Waals surface area contributed by atoms with E-state index in [9.17, 15) is 18.0 Å². The number of hydrogen-bond donors (Lipinski definition) is 2. The Morgan fingerprint density at radius 3 is 2.67 bits per heavy atom. The van der Waals surface area contributed by atoms with Crippen molar-refractivity contribution in [1.29, 1.82) is 0 Å². The molecule has 1 aliphatic rings. The van der Waals surface area contributed by atoms with Gasteiger partial charge in [-0.3, -0.25) is 20.4 Å². The third-order valence-electron chi connectivity index (χ3n) is 3.11. The molecular weight excluding hydrogens is 318 g/mol. The topological polar surface area (TPSA) is 105 Å². The first kappa shape index (κ1) is 15.7. The Bertz CT molecular complexity index is 645. The molecule has 1 fully saturated rings. The van der Waals surface area contributed by atoms with Gasteiger partial charge in [0.15, 0.2) is 9.84 Å². The Morgan fingerprint density at radius 1 is 1.33 bits per heavy atom. The van der Waals surface area contributed by atoms with Gasteiger partial charge in [0, 0.05) is 12.6 Å². The SMILES string of the molecule is O=C(C[C@@H]1CCS(=O)(=O)C1)NNC(=O)c1ccc(Cl)nc1. The Balaban J connectivity index is 1.79. The maximum Gasteiger partial charge on any atom is 0.271 e. The van der Waals surface area contributed by atoms with E-state index in [-0.39, 0.29) is 34.6 Å². The van der Waals surface area contributed by atoms with Crippen molar-refractivity contribution in [3.63, 3.8) is 0 Å². The van der Waals surface area contributed by atoms with Gasteiger partial charge in [0.1, 0.15) is 5.15 Å². The van der Waals surface area contributed by atoms with Crippen molar-refractivity contribution in [1.82, 2.24) is 15.8 Å². The van der Waals surface area contributed by atoms with Crippen molar-refractivity contribution in [3.8, 4) is 0 Å².